The zero-order valence-corrected chi connectivity index (χ0v) is 14.8. The molecule has 0 aliphatic heterocycles. The summed E-state index contributed by atoms with van der Waals surface area (Å²) >= 11 is 0. The number of nitrogens with two attached hydrogens (primary N) is 1. The molecule has 0 aromatic carbocycles. The molecule has 0 heterocycles. The fourth-order valence-electron chi connectivity index (χ4n) is 2.51. The molecule has 1 atom stereocenters. The quantitative estimate of drug-likeness (QED) is 0.259. The van der Waals surface area contributed by atoms with Gasteiger partial charge >= 0.3 is 5.97 Å². The zero-order chi connectivity index (χ0) is 16.5. The van der Waals surface area contributed by atoms with Crippen LogP contribution in [0.4, 0.5) is 0 Å². The number of methoxy groups -OCH3 is 1. The first-order valence-electron chi connectivity index (χ1n) is 9.19. The van der Waals surface area contributed by atoms with E-state index >= 15 is 0 Å². The molecule has 0 bridgehead atoms. The third-order valence-corrected chi connectivity index (χ3v) is 4.00. The second kappa shape index (κ2) is 16.5. The molecule has 3 nitrogen and oxygen atoms in total. The standard InChI is InChI=1S/C19H37NO2/c1-3-4-5-6-7-9-12-15-18(20)16-13-10-8-11-14-17-19(21)22-2/h12,15,18H,3-11,13-14,16-17,20H2,1-2H3/b15-12+. The van der Waals surface area contributed by atoms with E-state index in [4.69, 9.17) is 5.73 Å². The van der Waals surface area contributed by atoms with E-state index in [1.807, 2.05) is 0 Å². The van der Waals surface area contributed by atoms with Crippen LogP contribution >= 0.6 is 0 Å². The molecule has 0 aromatic rings. The van der Waals surface area contributed by atoms with Gasteiger partial charge in [0.05, 0.1) is 7.11 Å². The maximum absolute atomic E-state index is 10.9. The minimum atomic E-state index is -0.0955. The van der Waals surface area contributed by atoms with E-state index in [2.05, 4.69) is 23.8 Å². The molecule has 0 radical (unpaired) electrons. The summed E-state index contributed by atoms with van der Waals surface area (Å²) in [5, 5.41) is 0. The van der Waals surface area contributed by atoms with E-state index < -0.39 is 0 Å². The highest BCUT2D eigenvalue weighted by Crippen LogP contribution is 2.10. The SMILES string of the molecule is CCCCCCC/C=C/C(N)CCCCCCCC(=O)OC. The molecule has 2 N–H and O–H groups in total. The highest BCUT2D eigenvalue weighted by Gasteiger charge is 2.00. The fourth-order valence-corrected chi connectivity index (χ4v) is 2.51. The minimum Gasteiger partial charge on any atom is -0.469 e. The smallest absolute Gasteiger partial charge is 0.305 e. The summed E-state index contributed by atoms with van der Waals surface area (Å²) in [5.74, 6) is -0.0955. The minimum absolute atomic E-state index is 0.0955. The molecule has 0 aliphatic rings. The Bertz CT molecular complexity index is 277. The molecule has 0 aromatic heterocycles. The van der Waals surface area contributed by atoms with Gasteiger partial charge in [-0.3, -0.25) is 4.79 Å². The molecular weight excluding hydrogens is 274 g/mol. The van der Waals surface area contributed by atoms with Crippen molar-refractivity contribution < 1.29 is 9.53 Å². The molecule has 0 amide bonds. The molecule has 130 valence electrons. The van der Waals surface area contributed by atoms with Gasteiger partial charge in [-0.15, -0.1) is 0 Å². The summed E-state index contributed by atoms with van der Waals surface area (Å²) in [6.45, 7) is 2.25. The van der Waals surface area contributed by atoms with Crippen LogP contribution in [0.2, 0.25) is 0 Å². The summed E-state index contributed by atoms with van der Waals surface area (Å²) in [6, 6.07) is 0.214. The summed E-state index contributed by atoms with van der Waals surface area (Å²) in [7, 11) is 1.45. The molecule has 0 fully saturated rings. The number of carbonyl (C=O) groups excluding carboxylic acids is 1. The topological polar surface area (TPSA) is 52.3 Å². The summed E-state index contributed by atoms with van der Waals surface area (Å²) < 4.78 is 4.62. The lowest BCUT2D eigenvalue weighted by Gasteiger charge is -2.06. The Morgan fingerprint density at radius 2 is 1.64 bits per heavy atom. The fraction of sp³-hybridized carbons (Fsp3) is 0.842. The normalized spacial score (nSPS) is 12.7. The number of ether oxygens (including phenoxy) is 1. The molecule has 22 heavy (non-hydrogen) atoms. The summed E-state index contributed by atoms with van der Waals surface area (Å²) in [4.78, 5) is 10.9. The van der Waals surface area contributed by atoms with Crippen molar-refractivity contribution in [2.45, 2.75) is 96.4 Å². The number of carbonyl (C=O) groups is 1. The molecule has 3 heteroatoms. The van der Waals surface area contributed by atoms with Gasteiger partial charge in [0.2, 0.25) is 0 Å². The first kappa shape index (κ1) is 21.2. The van der Waals surface area contributed by atoms with E-state index in [9.17, 15) is 4.79 Å². The molecule has 0 saturated heterocycles. The first-order chi connectivity index (χ1) is 10.7. The van der Waals surface area contributed by atoms with Crippen LogP contribution in [-0.4, -0.2) is 19.1 Å². The van der Waals surface area contributed by atoms with Gasteiger partial charge < -0.3 is 10.5 Å². The average molecular weight is 312 g/mol. The van der Waals surface area contributed by atoms with Gasteiger partial charge in [-0.25, -0.2) is 0 Å². The van der Waals surface area contributed by atoms with Gasteiger partial charge in [0.15, 0.2) is 0 Å². The van der Waals surface area contributed by atoms with Crippen LogP contribution in [0, 0.1) is 0 Å². The molecule has 0 spiro atoms. The molecule has 0 aliphatic carbocycles. The van der Waals surface area contributed by atoms with Crippen LogP contribution in [0.25, 0.3) is 0 Å². The second-order valence-electron chi connectivity index (χ2n) is 6.18. The molecule has 1 unspecified atom stereocenters. The van der Waals surface area contributed by atoms with Crippen LogP contribution in [0.5, 0.6) is 0 Å². The Morgan fingerprint density at radius 3 is 2.36 bits per heavy atom. The van der Waals surface area contributed by atoms with E-state index in [1.54, 1.807) is 0 Å². The monoisotopic (exact) mass is 311 g/mol. The van der Waals surface area contributed by atoms with Crippen molar-refractivity contribution in [2.24, 2.45) is 5.73 Å². The van der Waals surface area contributed by atoms with Crippen LogP contribution in [0.3, 0.4) is 0 Å². The lowest BCUT2D eigenvalue weighted by atomic mass is 10.0. The van der Waals surface area contributed by atoms with Gasteiger partial charge in [0.25, 0.3) is 0 Å². The Morgan fingerprint density at radius 1 is 1.00 bits per heavy atom. The average Bonchev–Trinajstić information content (AvgIpc) is 2.52. The van der Waals surface area contributed by atoms with Gasteiger partial charge in [0, 0.05) is 12.5 Å². The Labute approximate surface area is 137 Å². The number of hydrogen-bond donors (Lipinski definition) is 1. The van der Waals surface area contributed by atoms with Gasteiger partial charge in [-0.1, -0.05) is 70.4 Å². The third kappa shape index (κ3) is 15.6. The number of rotatable bonds is 15. The van der Waals surface area contributed by atoms with Crippen molar-refractivity contribution in [3.63, 3.8) is 0 Å². The van der Waals surface area contributed by atoms with E-state index in [-0.39, 0.29) is 12.0 Å². The van der Waals surface area contributed by atoms with Crippen molar-refractivity contribution >= 4 is 5.97 Å². The lowest BCUT2D eigenvalue weighted by Crippen LogP contribution is -2.16. The summed E-state index contributed by atoms with van der Waals surface area (Å²) in [6.07, 6.45) is 19.5. The van der Waals surface area contributed by atoms with E-state index in [0.717, 1.165) is 19.3 Å². The van der Waals surface area contributed by atoms with Crippen LogP contribution in [0.15, 0.2) is 12.2 Å². The predicted molar refractivity (Wildman–Crippen MR) is 94.8 cm³/mol. The van der Waals surface area contributed by atoms with Gasteiger partial charge in [0.1, 0.15) is 0 Å². The third-order valence-electron chi connectivity index (χ3n) is 4.00. The zero-order valence-electron chi connectivity index (χ0n) is 14.8. The summed E-state index contributed by atoms with van der Waals surface area (Å²) in [5.41, 5.74) is 6.09. The maximum atomic E-state index is 10.9. The van der Waals surface area contributed by atoms with E-state index in [0.29, 0.717) is 6.42 Å². The van der Waals surface area contributed by atoms with Crippen molar-refractivity contribution in [1.29, 1.82) is 0 Å². The molecular formula is C19H37NO2. The van der Waals surface area contributed by atoms with Crippen LogP contribution < -0.4 is 5.73 Å². The van der Waals surface area contributed by atoms with Gasteiger partial charge in [-0.2, -0.15) is 0 Å². The Balaban J connectivity index is 3.31. The maximum Gasteiger partial charge on any atom is 0.305 e. The molecule has 0 rings (SSSR count). The highest BCUT2D eigenvalue weighted by molar-refractivity contribution is 5.68. The largest absolute Gasteiger partial charge is 0.469 e. The Kier molecular flexibility index (Phi) is 15.9. The van der Waals surface area contributed by atoms with Crippen LogP contribution in [0.1, 0.15) is 90.4 Å². The van der Waals surface area contributed by atoms with Crippen molar-refractivity contribution in [3.8, 4) is 0 Å². The predicted octanol–water partition coefficient (Wildman–Crippen LogP) is 5.13. The molecule has 0 saturated carbocycles. The van der Waals surface area contributed by atoms with Crippen LogP contribution in [-0.2, 0) is 9.53 Å². The second-order valence-corrected chi connectivity index (χ2v) is 6.18. The van der Waals surface area contributed by atoms with E-state index in [1.165, 1.54) is 64.9 Å². The van der Waals surface area contributed by atoms with Gasteiger partial charge in [-0.05, 0) is 25.7 Å². The van der Waals surface area contributed by atoms with Crippen molar-refractivity contribution in [2.75, 3.05) is 7.11 Å². The van der Waals surface area contributed by atoms with Crippen molar-refractivity contribution in [3.05, 3.63) is 12.2 Å². The highest BCUT2D eigenvalue weighted by atomic mass is 16.5. The Hall–Kier alpha value is -0.830. The lowest BCUT2D eigenvalue weighted by molar-refractivity contribution is -0.140. The number of hydrogen-bond acceptors (Lipinski definition) is 3. The number of esters is 1. The first-order valence-corrected chi connectivity index (χ1v) is 9.19. The number of allylic oxidation sites excluding steroid dienone is 1. The number of unbranched alkanes of at least 4 members (excludes halogenated alkanes) is 9. The van der Waals surface area contributed by atoms with Crippen molar-refractivity contribution in [1.82, 2.24) is 0 Å².